The molecule has 0 amide bonds. The third-order valence-corrected chi connectivity index (χ3v) is 5.19. The van der Waals surface area contributed by atoms with Crippen LogP contribution in [0.1, 0.15) is 0 Å². The molecule has 7 heteroatoms. The summed E-state index contributed by atoms with van der Waals surface area (Å²) >= 11 is 0. The molecule has 0 spiro atoms. The third-order valence-electron chi connectivity index (χ3n) is 5.19. The Bertz CT molecular complexity index is 1590. The average molecular weight is 421 g/mol. The van der Waals surface area contributed by atoms with E-state index in [0.29, 0.717) is 27.6 Å². The molecule has 5 aromatic rings. The highest BCUT2D eigenvalue weighted by Gasteiger charge is 2.16. The summed E-state index contributed by atoms with van der Waals surface area (Å²) in [7, 11) is 0. The molecule has 0 saturated carbocycles. The number of anilines is 1. The minimum Gasteiger partial charge on any atom is -0.273 e. The zero-order valence-electron chi connectivity index (χ0n) is 17.1. The molecule has 0 atom stereocenters. The van der Waals surface area contributed by atoms with Gasteiger partial charge in [0.15, 0.2) is 5.82 Å². The Labute approximate surface area is 182 Å². The van der Waals surface area contributed by atoms with Crippen molar-refractivity contribution in [1.82, 2.24) is 19.2 Å². The van der Waals surface area contributed by atoms with Gasteiger partial charge in [0.2, 0.25) is 5.95 Å². The second-order valence-corrected chi connectivity index (χ2v) is 7.23. The lowest BCUT2D eigenvalue weighted by molar-refractivity contribution is 0.745. The van der Waals surface area contributed by atoms with Gasteiger partial charge < -0.3 is 0 Å². The summed E-state index contributed by atoms with van der Waals surface area (Å²) in [5.41, 5.74) is 4.42. The van der Waals surface area contributed by atoms with E-state index >= 15 is 0 Å². The fourth-order valence-electron chi connectivity index (χ4n) is 3.67. The summed E-state index contributed by atoms with van der Waals surface area (Å²) in [5, 5.41) is 0.949. The quantitative estimate of drug-likeness (QED) is 0.436. The fourth-order valence-corrected chi connectivity index (χ4v) is 3.67. The molecular weight excluding hydrogens is 402 g/mol. The molecule has 0 aliphatic rings. The van der Waals surface area contributed by atoms with Crippen LogP contribution in [-0.2, 0) is 6.54 Å². The molecule has 156 valence electrons. The molecule has 0 saturated heterocycles. The Morgan fingerprint density at radius 1 is 0.781 bits per heavy atom. The molecule has 32 heavy (non-hydrogen) atoms. The van der Waals surface area contributed by atoms with Crippen molar-refractivity contribution < 1.29 is 0 Å². The number of nitrogens with zero attached hydrogens (tertiary/aromatic N) is 4. The van der Waals surface area contributed by atoms with Gasteiger partial charge in [0, 0.05) is 12.1 Å². The van der Waals surface area contributed by atoms with Crippen LogP contribution in [-0.4, -0.2) is 19.2 Å². The minimum atomic E-state index is -0.290. The van der Waals surface area contributed by atoms with Gasteiger partial charge in [-0.15, -0.1) is 6.58 Å². The maximum absolute atomic E-state index is 13.5. The van der Waals surface area contributed by atoms with E-state index in [4.69, 9.17) is 4.98 Å². The van der Waals surface area contributed by atoms with Crippen LogP contribution >= 0.6 is 0 Å². The van der Waals surface area contributed by atoms with Crippen molar-refractivity contribution in [2.24, 2.45) is 0 Å². The number of hydrogen-bond acceptors (Lipinski definition) is 5. The lowest BCUT2D eigenvalue weighted by Gasteiger charge is -2.18. The molecule has 3 aromatic carbocycles. The van der Waals surface area contributed by atoms with E-state index in [0.717, 1.165) is 5.56 Å². The number of nitrogens with one attached hydrogen (secondary N) is 1. The number of para-hydroxylation sites is 2. The van der Waals surface area contributed by atoms with Crippen molar-refractivity contribution in [2.75, 3.05) is 5.43 Å². The van der Waals surface area contributed by atoms with E-state index in [1.807, 2.05) is 42.5 Å². The minimum absolute atomic E-state index is 0.221. The highest BCUT2D eigenvalue weighted by atomic mass is 16.1. The van der Waals surface area contributed by atoms with Crippen LogP contribution in [0.15, 0.2) is 101 Å². The van der Waals surface area contributed by atoms with Crippen molar-refractivity contribution in [3.63, 3.8) is 0 Å². The first kappa shape index (κ1) is 19.4. The molecule has 0 unspecified atom stereocenters. The molecule has 2 heterocycles. The SMILES string of the molecule is C=CCn1c(Nn2c(-c3ccccc3)nc3ccccc3c2=O)nc2ccccc2c1=O. The van der Waals surface area contributed by atoms with E-state index in [1.54, 1.807) is 42.5 Å². The van der Waals surface area contributed by atoms with Gasteiger partial charge >= 0.3 is 0 Å². The van der Waals surface area contributed by atoms with Crippen LogP contribution in [0.2, 0.25) is 0 Å². The Morgan fingerprint density at radius 3 is 2.06 bits per heavy atom. The standard InChI is InChI=1S/C25H19N5O2/c1-2-16-29-23(31)18-12-6-9-15-21(18)27-25(29)28-30-22(17-10-4-3-5-11-17)26-20-14-8-7-13-19(20)24(30)32/h2-15H,1,16H2,(H,27,28). The van der Waals surface area contributed by atoms with Crippen LogP contribution < -0.4 is 16.5 Å². The molecule has 0 fully saturated rings. The molecule has 2 aromatic heterocycles. The second-order valence-electron chi connectivity index (χ2n) is 7.23. The third kappa shape index (κ3) is 3.26. The Morgan fingerprint density at radius 2 is 1.38 bits per heavy atom. The Kier molecular flexibility index (Phi) is 4.84. The van der Waals surface area contributed by atoms with E-state index in [2.05, 4.69) is 17.0 Å². The Hall–Kier alpha value is -4.52. The van der Waals surface area contributed by atoms with Crippen LogP contribution in [0.4, 0.5) is 5.95 Å². The predicted octanol–water partition coefficient (Wildman–Crippen LogP) is 3.83. The number of aromatic nitrogens is 4. The largest absolute Gasteiger partial charge is 0.280 e. The van der Waals surface area contributed by atoms with Crippen LogP contribution in [0.25, 0.3) is 33.2 Å². The summed E-state index contributed by atoms with van der Waals surface area (Å²) in [6, 6.07) is 23.7. The smallest absolute Gasteiger partial charge is 0.273 e. The van der Waals surface area contributed by atoms with Gasteiger partial charge in [0.1, 0.15) is 0 Å². The monoisotopic (exact) mass is 421 g/mol. The molecule has 0 aliphatic heterocycles. The molecule has 0 radical (unpaired) electrons. The van der Waals surface area contributed by atoms with Gasteiger partial charge in [0.25, 0.3) is 11.1 Å². The molecule has 1 N–H and O–H groups in total. The van der Waals surface area contributed by atoms with E-state index < -0.39 is 0 Å². The topological polar surface area (TPSA) is 81.8 Å². The second kappa shape index (κ2) is 7.96. The summed E-state index contributed by atoms with van der Waals surface area (Å²) in [5.74, 6) is 0.645. The number of hydrogen-bond donors (Lipinski definition) is 1. The average Bonchev–Trinajstić information content (AvgIpc) is 2.83. The van der Waals surface area contributed by atoms with Gasteiger partial charge in [-0.3, -0.25) is 19.6 Å². The number of rotatable bonds is 5. The van der Waals surface area contributed by atoms with Crippen LogP contribution in [0.5, 0.6) is 0 Å². The first-order valence-electron chi connectivity index (χ1n) is 10.1. The molecule has 0 aliphatic carbocycles. The summed E-state index contributed by atoms with van der Waals surface area (Å²) < 4.78 is 2.79. The maximum atomic E-state index is 13.5. The zero-order chi connectivity index (χ0) is 22.1. The van der Waals surface area contributed by atoms with Crippen molar-refractivity contribution >= 4 is 27.8 Å². The van der Waals surface area contributed by atoms with Crippen LogP contribution in [0, 0.1) is 0 Å². The number of fused-ring (bicyclic) bond motifs is 2. The normalized spacial score (nSPS) is 11.0. The van der Waals surface area contributed by atoms with Gasteiger partial charge in [-0.2, -0.15) is 4.68 Å². The molecule has 5 rings (SSSR count). The highest BCUT2D eigenvalue weighted by molar-refractivity contribution is 5.80. The van der Waals surface area contributed by atoms with Crippen molar-refractivity contribution in [3.8, 4) is 11.4 Å². The first-order valence-corrected chi connectivity index (χ1v) is 10.1. The highest BCUT2D eigenvalue weighted by Crippen LogP contribution is 2.19. The van der Waals surface area contributed by atoms with Gasteiger partial charge in [-0.25, -0.2) is 9.97 Å². The van der Waals surface area contributed by atoms with Gasteiger partial charge in [-0.05, 0) is 24.3 Å². The maximum Gasteiger partial charge on any atom is 0.280 e. The molecular formula is C25H19N5O2. The first-order chi connectivity index (χ1) is 15.7. The predicted molar refractivity (Wildman–Crippen MR) is 127 cm³/mol. The fraction of sp³-hybridized carbons (Fsp3) is 0.0400. The summed E-state index contributed by atoms with van der Waals surface area (Å²) in [4.78, 5) is 35.9. The number of benzene rings is 3. The number of allylic oxidation sites excluding steroid dienone is 1. The van der Waals surface area contributed by atoms with Gasteiger partial charge in [0.05, 0.1) is 21.8 Å². The molecule has 0 bridgehead atoms. The van der Waals surface area contributed by atoms with E-state index in [1.165, 1.54) is 9.24 Å². The lowest BCUT2D eigenvalue weighted by atomic mass is 10.2. The Balaban J connectivity index is 1.79. The van der Waals surface area contributed by atoms with Crippen molar-refractivity contribution in [1.29, 1.82) is 0 Å². The van der Waals surface area contributed by atoms with Crippen LogP contribution in [0.3, 0.4) is 0 Å². The van der Waals surface area contributed by atoms with Gasteiger partial charge in [-0.1, -0.05) is 60.7 Å². The van der Waals surface area contributed by atoms with Crippen molar-refractivity contribution in [3.05, 3.63) is 112 Å². The molecule has 7 nitrogen and oxygen atoms in total. The zero-order valence-corrected chi connectivity index (χ0v) is 17.1. The summed E-state index contributed by atoms with van der Waals surface area (Å²) in [6.45, 7) is 3.98. The van der Waals surface area contributed by atoms with E-state index in [9.17, 15) is 9.59 Å². The summed E-state index contributed by atoms with van der Waals surface area (Å²) in [6.07, 6.45) is 1.61. The van der Waals surface area contributed by atoms with E-state index in [-0.39, 0.29) is 23.6 Å². The lowest BCUT2D eigenvalue weighted by Crippen LogP contribution is -2.33. The van der Waals surface area contributed by atoms with Crippen molar-refractivity contribution in [2.45, 2.75) is 6.54 Å².